The molecule has 3 aliphatic heterocycles. The van der Waals surface area contributed by atoms with E-state index < -0.39 is 28.7 Å². The lowest BCUT2D eigenvalue weighted by Gasteiger charge is -2.42. The van der Waals surface area contributed by atoms with E-state index in [-0.39, 0.29) is 42.3 Å². The summed E-state index contributed by atoms with van der Waals surface area (Å²) in [5.74, 6) is -1.78. The Morgan fingerprint density at radius 1 is 1.26 bits per heavy atom. The van der Waals surface area contributed by atoms with Gasteiger partial charge in [-0.15, -0.1) is 18.3 Å². The van der Waals surface area contributed by atoms with Crippen molar-refractivity contribution in [2.75, 3.05) is 19.8 Å². The van der Waals surface area contributed by atoms with E-state index in [1.165, 1.54) is 12.5 Å². The smallest absolute Gasteiger partial charge is 0.311 e. The first-order valence-corrected chi connectivity index (χ1v) is 13.6. The lowest BCUT2D eigenvalue weighted by molar-refractivity contribution is -0.153. The van der Waals surface area contributed by atoms with Crippen molar-refractivity contribution in [1.29, 1.82) is 0 Å². The van der Waals surface area contributed by atoms with Crippen LogP contribution in [0, 0.1) is 11.8 Å². The maximum atomic E-state index is 14.4. The van der Waals surface area contributed by atoms with E-state index in [9.17, 15) is 19.5 Å². The number of esters is 1. The molecule has 2 bridgehead atoms. The Bertz CT molecular complexity index is 824. The molecule has 1 saturated carbocycles. The highest BCUT2D eigenvalue weighted by Crippen LogP contribution is 2.67. The second-order valence-corrected chi connectivity index (χ2v) is 11.6. The van der Waals surface area contributed by atoms with Gasteiger partial charge in [0.15, 0.2) is 0 Å². The Morgan fingerprint density at radius 3 is 2.62 bits per heavy atom. The standard InChI is InChI=1S/C26H38N2O5S/c1-4-14-27(18-10-8-7-9-11-18)24(31)22-26-13-12-19(34-26)20(25(32)33-15-5-2)21(26)23(30)28(22)17(6-3)16-29/h4-5,17-22,29H,1-2,6-16H2,3H3/t17-,19-,20+,21-,22?,26?/m0/s1. The first kappa shape index (κ1) is 25.3. The number of hydrogen-bond donors (Lipinski definition) is 1. The lowest BCUT2D eigenvalue weighted by atomic mass is 9.71. The molecule has 3 saturated heterocycles. The van der Waals surface area contributed by atoms with Crippen molar-refractivity contribution < 1.29 is 24.2 Å². The average molecular weight is 491 g/mol. The maximum Gasteiger partial charge on any atom is 0.311 e. The van der Waals surface area contributed by atoms with E-state index in [1.54, 1.807) is 22.7 Å². The van der Waals surface area contributed by atoms with Gasteiger partial charge in [0.2, 0.25) is 11.8 Å². The van der Waals surface area contributed by atoms with E-state index >= 15 is 0 Å². The number of nitrogens with zero attached hydrogens (tertiary/aromatic N) is 2. The molecular weight excluding hydrogens is 452 g/mol. The fourth-order valence-electron chi connectivity index (χ4n) is 6.79. The summed E-state index contributed by atoms with van der Waals surface area (Å²) in [7, 11) is 0. The first-order chi connectivity index (χ1) is 16.4. The minimum atomic E-state index is -0.684. The molecule has 0 aromatic carbocycles. The molecule has 8 heteroatoms. The van der Waals surface area contributed by atoms with Crippen LogP contribution in [0.2, 0.25) is 0 Å². The largest absolute Gasteiger partial charge is 0.461 e. The number of rotatable bonds is 10. The zero-order valence-electron chi connectivity index (χ0n) is 20.2. The zero-order valence-corrected chi connectivity index (χ0v) is 21.0. The van der Waals surface area contributed by atoms with Gasteiger partial charge in [0.25, 0.3) is 0 Å². The van der Waals surface area contributed by atoms with E-state index in [4.69, 9.17) is 4.74 Å². The molecule has 2 unspecified atom stereocenters. The van der Waals surface area contributed by atoms with E-state index in [0.29, 0.717) is 19.4 Å². The number of thioether (sulfide) groups is 1. The molecule has 1 spiro atoms. The van der Waals surface area contributed by atoms with Gasteiger partial charge >= 0.3 is 5.97 Å². The summed E-state index contributed by atoms with van der Waals surface area (Å²) in [6.45, 7) is 9.77. The highest BCUT2D eigenvalue weighted by Gasteiger charge is 2.74. The normalized spacial score (nSPS) is 33.5. The van der Waals surface area contributed by atoms with Crippen LogP contribution in [0.15, 0.2) is 25.3 Å². The minimum absolute atomic E-state index is 0.0274. The highest BCUT2D eigenvalue weighted by atomic mass is 32.2. The summed E-state index contributed by atoms with van der Waals surface area (Å²) in [6, 6.07) is -1.00. The van der Waals surface area contributed by atoms with Gasteiger partial charge in [0.1, 0.15) is 12.6 Å². The first-order valence-electron chi connectivity index (χ1n) is 12.7. The van der Waals surface area contributed by atoms with Gasteiger partial charge in [-0.3, -0.25) is 14.4 Å². The Labute approximate surface area is 206 Å². The molecule has 34 heavy (non-hydrogen) atoms. The van der Waals surface area contributed by atoms with Crippen molar-refractivity contribution in [1.82, 2.24) is 9.80 Å². The number of fused-ring (bicyclic) bond motifs is 1. The van der Waals surface area contributed by atoms with Crippen LogP contribution in [-0.4, -0.2) is 80.6 Å². The van der Waals surface area contributed by atoms with Crippen molar-refractivity contribution in [2.24, 2.45) is 11.8 Å². The maximum absolute atomic E-state index is 14.4. The van der Waals surface area contributed by atoms with Crippen molar-refractivity contribution in [3.05, 3.63) is 25.3 Å². The van der Waals surface area contributed by atoms with Crippen LogP contribution in [-0.2, 0) is 19.1 Å². The van der Waals surface area contributed by atoms with Crippen molar-refractivity contribution >= 4 is 29.5 Å². The number of ether oxygens (including phenoxy) is 1. The predicted octanol–water partition coefficient (Wildman–Crippen LogP) is 2.93. The Balaban J connectivity index is 1.74. The SMILES string of the molecule is C=CCOC(=O)[C@@H]1[C@@H]2CCC3(S2)C(C(=O)N(CC=C)C2CCCCC2)N([C@@H](CC)CO)C(=O)[C@H]13. The number of aliphatic hydroxyl groups excluding tert-OH is 1. The van der Waals surface area contributed by atoms with Crippen molar-refractivity contribution in [3.8, 4) is 0 Å². The topological polar surface area (TPSA) is 87.2 Å². The van der Waals surface area contributed by atoms with Gasteiger partial charge in [0.05, 0.1) is 29.2 Å². The van der Waals surface area contributed by atoms with Crippen LogP contribution in [0.1, 0.15) is 58.3 Å². The van der Waals surface area contributed by atoms with Gasteiger partial charge in [-0.05, 0) is 32.1 Å². The number of likely N-dealkylation sites (tertiary alicyclic amines) is 1. The van der Waals surface area contributed by atoms with Crippen LogP contribution in [0.25, 0.3) is 0 Å². The highest BCUT2D eigenvalue weighted by molar-refractivity contribution is 8.02. The summed E-state index contributed by atoms with van der Waals surface area (Å²) in [4.78, 5) is 45.0. The molecule has 1 aliphatic carbocycles. The van der Waals surface area contributed by atoms with Crippen molar-refractivity contribution in [2.45, 2.75) is 86.4 Å². The molecule has 4 fully saturated rings. The van der Waals surface area contributed by atoms with Crippen LogP contribution >= 0.6 is 11.8 Å². The molecular formula is C26H38N2O5S. The summed E-state index contributed by atoms with van der Waals surface area (Å²) in [5, 5.41) is 10.1. The third-order valence-corrected chi connectivity index (χ3v) is 10.2. The van der Waals surface area contributed by atoms with Crippen molar-refractivity contribution in [3.63, 3.8) is 0 Å². The lowest BCUT2D eigenvalue weighted by Crippen LogP contribution is -2.59. The van der Waals surface area contributed by atoms with Gasteiger partial charge in [-0.25, -0.2) is 0 Å². The predicted molar refractivity (Wildman–Crippen MR) is 132 cm³/mol. The number of amides is 2. The van der Waals surface area contributed by atoms with Crippen LogP contribution in [0.5, 0.6) is 0 Å². The third kappa shape index (κ3) is 4.00. The molecule has 4 aliphatic rings. The summed E-state index contributed by atoms with van der Waals surface area (Å²) >= 11 is 1.64. The van der Waals surface area contributed by atoms with Gasteiger partial charge in [-0.2, -0.15) is 0 Å². The van der Waals surface area contributed by atoms with Gasteiger partial charge in [-0.1, -0.05) is 44.9 Å². The van der Waals surface area contributed by atoms with E-state index in [0.717, 1.165) is 32.1 Å². The third-order valence-electron chi connectivity index (χ3n) is 8.29. The van der Waals surface area contributed by atoms with Gasteiger partial charge in [0, 0.05) is 17.8 Å². The van der Waals surface area contributed by atoms with E-state index in [2.05, 4.69) is 13.2 Å². The summed E-state index contributed by atoms with van der Waals surface area (Å²) in [5.41, 5.74) is 0. The Hall–Kier alpha value is -1.80. The second-order valence-electron chi connectivity index (χ2n) is 10.0. The molecule has 3 heterocycles. The van der Waals surface area contributed by atoms with E-state index in [1.807, 2.05) is 11.8 Å². The van der Waals surface area contributed by atoms with Crippen LogP contribution < -0.4 is 0 Å². The number of carbonyl (C=O) groups excluding carboxylic acids is 3. The fourth-order valence-corrected chi connectivity index (χ4v) is 8.98. The van der Waals surface area contributed by atoms with Crippen LogP contribution in [0.4, 0.5) is 0 Å². The molecule has 7 nitrogen and oxygen atoms in total. The molecule has 0 aromatic rings. The molecule has 188 valence electrons. The monoisotopic (exact) mass is 490 g/mol. The molecule has 0 radical (unpaired) electrons. The Kier molecular flexibility index (Phi) is 7.77. The molecule has 2 amide bonds. The number of carbonyl (C=O) groups is 3. The second kappa shape index (κ2) is 10.4. The summed E-state index contributed by atoms with van der Waals surface area (Å²) < 4.78 is 4.75. The molecule has 6 atom stereocenters. The van der Waals surface area contributed by atoms with Crippen LogP contribution in [0.3, 0.4) is 0 Å². The molecule has 4 rings (SSSR count). The summed E-state index contributed by atoms with van der Waals surface area (Å²) in [6.07, 6.45) is 10.6. The molecule has 1 N–H and O–H groups in total. The molecule has 0 aromatic heterocycles. The van der Waals surface area contributed by atoms with Gasteiger partial charge < -0.3 is 19.6 Å². The quantitative estimate of drug-likeness (QED) is 0.374. The number of hydrogen-bond acceptors (Lipinski definition) is 6. The minimum Gasteiger partial charge on any atom is -0.461 e. The number of aliphatic hydroxyl groups is 1. The Morgan fingerprint density at radius 2 is 2.00 bits per heavy atom. The fraction of sp³-hybridized carbons (Fsp3) is 0.731. The average Bonchev–Trinajstić information content (AvgIpc) is 3.50. The zero-order chi connectivity index (χ0) is 24.5.